The average molecular weight is 352 g/mol. The van der Waals surface area contributed by atoms with Gasteiger partial charge >= 0.3 is 0 Å². The first-order chi connectivity index (χ1) is 12.1. The molecule has 1 atom stereocenters. The van der Waals surface area contributed by atoms with E-state index in [1.165, 1.54) is 16.9 Å². The van der Waals surface area contributed by atoms with E-state index in [0.717, 1.165) is 28.7 Å². The minimum atomic E-state index is -0.150. The largest absolute Gasteiger partial charge is 0.455 e. The van der Waals surface area contributed by atoms with Gasteiger partial charge in [0.1, 0.15) is 11.3 Å². The normalized spacial score (nSPS) is 17.5. The molecule has 0 saturated heterocycles. The second-order valence-corrected chi connectivity index (χ2v) is 7.83. The Hall–Kier alpha value is -2.40. The highest BCUT2D eigenvalue weighted by atomic mass is 32.1. The molecule has 4 nitrogen and oxygen atoms in total. The van der Waals surface area contributed by atoms with E-state index in [1.54, 1.807) is 11.3 Å². The van der Waals surface area contributed by atoms with E-state index in [2.05, 4.69) is 17.5 Å². The number of rotatable bonds is 3. The smallest absolute Gasteiger partial charge is 0.281 e. The van der Waals surface area contributed by atoms with Crippen LogP contribution in [0.4, 0.5) is 0 Å². The van der Waals surface area contributed by atoms with Crippen LogP contribution in [-0.2, 0) is 12.8 Å². The van der Waals surface area contributed by atoms with Crippen molar-refractivity contribution in [1.82, 2.24) is 5.43 Å². The lowest BCUT2D eigenvalue weighted by atomic mass is 9.90. The first kappa shape index (κ1) is 16.1. The van der Waals surface area contributed by atoms with E-state index < -0.39 is 0 Å². The number of aryl methyl sites for hydroxylation is 1. The molecule has 5 heteroatoms. The van der Waals surface area contributed by atoms with Gasteiger partial charge < -0.3 is 4.42 Å². The summed E-state index contributed by atoms with van der Waals surface area (Å²) < 4.78 is 5.77. The summed E-state index contributed by atoms with van der Waals surface area (Å²) in [7, 11) is 0. The van der Waals surface area contributed by atoms with Crippen molar-refractivity contribution in [3.05, 3.63) is 57.5 Å². The summed E-state index contributed by atoms with van der Waals surface area (Å²) in [6.07, 6.45) is 3.36. The SMILES string of the molecule is C/C(=N/NC(=O)c1cc2c(s1)CC[C@H](C)C2)c1cc2ccccc2o1. The molecule has 3 aromatic rings. The maximum absolute atomic E-state index is 12.4. The summed E-state index contributed by atoms with van der Waals surface area (Å²) in [4.78, 5) is 14.5. The molecule has 1 N–H and O–H groups in total. The summed E-state index contributed by atoms with van der Waals surface area (Å²) in [6.45, 7) is 4.10. The van der Waals surface area contributed by atoms with Crippen LogP contribution < -0.4 is 5.43 Å². The lowest BCUT2D eigenvalue weighted by molar-refractivity contribution is 0.0959. The minimum Gasteiger partial charge on any atom is -0.455 e. The van der Waals surface area contributed by atoms with Gasteiger partial charge in [0.2, 0.25) is 0 Å². The van der Waals surface area contributed by atoms with Gasteiger partial charge in [-0.3, -0.25) is 4.79 Å². The molecule has 1 aliphatic carbocycles. The number of carbonyl (C=O) groups excluding carboxylic acids is 1. The van der Waals surface area contributed by atoms with Gasteiger partial charge in [0.25, 0.3) is 5.91 Å². The first-order valence-corrected chi connectivity index (χ1v) is 9.37. The summed E-state index contributed by atoms with van der Waals surface area (Å²) in [5.41, 5.74) is 5.46. The van der Waals surface area contributed by atoms with Crippen LogP contribution in [0.15, 0.2) is 45.9 Å². The Labute approximate surface area is 150 Å². The van der Waals surface area contributed by atoms with Gasteiger partial charge in [-0.1, -0.05) is 25.1 Å². The molecule has 1 aliphatic rings. The molecule has 0 unspecified atom stereocenters. The third kappa shape index (κ3) is 3.24. The fraction of sp³-hybridized carbons (Fsp3) is 0.300. The topological polar surface area (TPSA) is 54.6 Å². The van der Waals surface area contributed by atoms with E-state index in [4.69, 9.17) is 4.42 Å². The Kier molecular flexibility index (Phi) is 4.17. The maximum Gasteiger partial charge on any atom is 0.281 e. The summed E-state index contributed by atoms with van der Waals surface area (Å²) in [5.74, 6) is 1.22. The zero-order valence-electron chi connectivity index (χ0n) is 14.3. The fourth-order valence-corrected chi connectivity index (χ4v) is 4.32. The first-order valence-electron chi connectivity index (χ1n) is 8.55. The van der Waals surface area contributed by atoms with E-state index in [1.807, 2.05) is 43.3 Å². The van der Waals surface area contributed by atoms with E-state index in [0.29, 0.717) is 17.4 Å². The van der Waals surface area contributed by atoms with Crippen LogP contribution >= 0.6 is 11.3 Å². The van der Waals surface area contributed by atoms with Crippen molar-refractivity contribution in [2.75, 3.05) is 0 Å². The predicted molar refractivity (Wildman–Crippen MR) is 101 cm³/mol. The molecule has 128 valence electrons. The van der Waals surface area contributed by atoms with Crippen LogP contribution in [0.25, 0.3) is 11.0 Å². The molecular formula is C20H20N2O2S. The number of hydrogen-bond donors (Lipinski definition) is 1. The van der Waals surface area contributed by atoms with Gasteiger partial charge in [0.05, 0.1) is 4.88 Å². The van der Waals surface area contributed by atoms with E-state index in [9.17, 15) is 4.79 Å². The van der Waals surface area contributed by atoms with Crippen LogP contribution in [0.3, 0.4) is 0 Å². The zero-order valence-corrected chi connectivity index (χ0v) is 15.2. The van der Waals surface area contributed by atoms with Crippen molar-refractivity contribution in [1.29, 1.82) is 0 Å². The number of para-hydroxylation sites is 1. The number of hydrazone groups is 1. The maximum atomic E-state index is 12.4. The Morgan fingerprint density at radius 1 is 1.32 bits per heavy atom. The second-order valence-electron chi connectivity index (χ2n) is 6.69. The number of thiophene rings is 1. The molecule has 2 aromatic heterocycles. The third-order valence-electron chi connectivity index (χ3n) is 4.66. The lowest BCUT2D eigenvalue weighted by Crippen LogP contribution is -2.18. The molecule has 2 heterocycles. The highest BCUT2D eigenvalue weighted by Gasteiger charge is 2.20. The molecule has 0 bridgehead atoms. The van der Waals surface area contributed by atoms with Crippen LogP contribution in [0.5, 0.6) is 0 Å². The number of nitrogens with one attached hydrogen (secondary N) is 1. The molecule has 0 spiro atoms. The Bertz CT molecular complexity index is 934. The predicted octanol–water partition coefficient (Wildman–Crippen LogP) is 4.77. The van der Waals surface area contributed by atoms with Gasteiger partial charge in [-0.15, -0.1) is 11.3 Å². The van der Waals surface area contributed by atoms with Crippen molar-refractivity contribution >= 4 is 33.9 Å². The van der Waals surface area contributed by atoms with Crippen LogP contribution in [-0.4, -0.2) is 11.6 Å². The average Bonchev–Trinajstić information content (AvgIpc) is 3.22. The molecular weight excluding hydrogens is 332 g/mol. The molecule has 4 rings (SSSR count). The molecule has 25 heavy (non-hydrogen) atoms. The Morgan fingerprint density at radius 3 is 3.00 bits per heavy atom. The highest BCUT2D eigenvalue weighted by Crippen LogP contribution is 2.32. The van der Waals surface area contributed by atoms with Gasteiger partial charge in [-0.05, 0) is 55.9 Å². The molecule has 0 radical (unpaired) electrons. The molecule has 1 amide bonds. The quantitative estimate of drug-likeness (QED) is 0.545. The number of nitrogens with zero attached hydrogens (tertiary/aromatic N) is 1. The van der Waals surface area contributed by atoms with Gasteiger partial charge in [-0.2, -0.15) is 5.10 Å². The van der Waals surface area contributed by atoms with Crippen LogP contribution in [0, 0.1) is 5.92 Å². The van der Waals surface area contributed by atoms with Gasteiger partial charge in [-0.25, -0.2) is 5.43 Å². The molecule has 0 saturated carbocycles. The van der Waals surface area contributed by atoms with E-state index >= 15 is 0 Å². The fourth-order valence-electron chi connectivity index (χ4n) is 3.22. The second kappa shape index (κ2) is 6.48. The van der Waals surface area contributed by atoms with Crippen LogP contribution in [0.2, 0.25) is 0 Å². The van der Waals surface area contributed by atoms with Crippen LogP contribution in [0.1, 0.15) is 46.1 Å². The van der Waals surface area contributed by atoms with Gasteiger partial charge in [0.15, 0.2) is 5.76 Å². The number of amides is 1. The van der Waals surface area contributed by atoms with Crippen molar-refractivity contribution in [2.24, 2.45) is 11.0 Å². The van der Waals surface area contributed by atoms with Crippen molar-refractivity contribution in [2.45, 2.75) is 33.1 Å². The number of benzene rings is 1. The third-order valence-corrected chi connectivity index (χ3v) is 5.90. The number of fused-ring (bicyclic) bond motifs is 2. The summed E-state index contributed by atoms with van der Waals surface area (Å²) in [6, 6.07) is 11.8. The standard InChI is InChI=1S/C20H20N2O2S/c1-12-7-8-18-15(9-12)11-19(25-18)20(23)22-21-13(2)17-10-14-5-3-4-6-16(14)24-17/h3-6,10-12H,7-9H2,1-2H3,(H,22,23)/b21-13-/t12-/m0/s1. The zero-order chi connectivity index (χ0) is 17.4. The van der Waals surface area contributed by atoms with Crippen molar-refractivity contribution in [3.63, 3.8) is 0 Å². The van der Waals surface area contributed by atoms with Crippen molar-refractivity contribution in [3.8, 4) is 0 Å². The van der Waals surface area contributed by atoms with E-state index in [-0.39, 0.29) is 5.91 Å². The highest BCUT2D eigenvalue weighted by molar-refractivity contribution is 7.14. The summed E-state index contributed by atoms with van der Waals surface area (Å²) in [5, 5.41) is 5.24. The Morgan fingerprint density at radius 2 is 2.16 bits per heavy atom. The number of hydrogen-bond acceptors (Lipinski definition) is 4. The number of carbonyl (C=O) groups is 1. The monoisotopic (exact) mass is 352 g/mol. The molecule has 0 fully saturated rings. The number of furan rings is 1. The Balaban J connectivity index is 1.50. The molecule has 1 aromatic carbocycles. The van der Waals surface area contributed by atoms with Gasteiger partial charge in [0, 0.05) is 10.3 Å². The summed E-state index contributed by atoms with van der Waals surface area (Å²) >= 11 is 1.59. The lowest BCUT2D eigenvalue weighted by Gasteiger charge is -2.16. The molecule has 0 aliphatic heterocycles. The van der Waals surface area contributed by atoms with Crippen molar-refractivity contribution < 1.29 is 9.21 Å². The minimum absolute atomic E-state index is 0.150.